The number of oxazole rings is 2. The lowest BCUT2D eigenvalue weighted by molar-refractivity contribution is 0.00578. The summed E-state index contributed by atoms with van der Waals surface area (Å²) in [4.78, 5) is 38.2. The third-order valence-corrected chi connectivity index (χ3v) is 21.5. The van der Waals surface area contributed by atoms with Gasteiger partial charge >= 0.3 is 7.12 Å². The minimum absolute atomic E-state index is 0. The van der Waals surface area contributed by atoms with Gasteiger partial charge in [0.2, 0.25) is 11.8 Å². The van der Waals surface area contributed by atoms with Gasteiger partial charge in [0.25, 0.3) is 0 Å². The maximum absolute atomic E-state index is 6.20. The van der Waals surface area contributed by atoms with E-state index in [0.29, 0.717) is 17.4 Å². The van der Waals surface area contributed by atoms with Gasteiger partial charge in [0.1, 0.15) is 22.4 Å². The average molecular weight is 1480 g/mol. The third kappa shape index (κ3) is 12.5. The van der Waals surface area contributed by atoms with E-state index in [4.69, 9.17) is 38.1 Å². The first-order chi connectivity index (χ1) is 52.9. The van der Waals surface area contributed by atoms with Crippen LogP contribution in [0.25, 0.3) is 188 Å². The maximum atomic E-state index is 6.20. The van der Waals surface area contributed by atoms with E-state index in [9.17, 15) is 0 Å². The molecule has 9 heterocycles. The number of halogens is 1. The third-order valence-electron chi connectivity index (χ3n) is 21.0. The Labute approximate surface area is 637 Å². The van der Waals surface area contributed by atoms with Crippen molar-refractivity contribution in [1.82, 2.24) is 39.9 Å². The predicted molar refractivity (Wildman–Crippen MR) is 449 cm³/mol. The van der Waals surface area contributed by atoms with Crippen LogP contribution in [0.15, 0.2) is 329 Å². The summed E-state index contributed by atoms with van der Waals surface area (Å²) in [6.07, 6.45) is 7.25. The van der Waals surface area contributed by atoms with Crippen molar-refractivity contribution in [2.75, 3.05) is 0 Å². The van der Waals surface area contributed by atoms with Gasteiger partial charge in [-0.05, 0) is 178 Å². The van der Waals surface area contributed by atoms with E-state index in [-0.39, 0.29) is 18.6 Å². The molecule has 1 aliphatic rings. The summed E-state index contributed by atoms with van der Waals surface area (Å²) in [7, 11) is -0.426. The van der Waals surface area contributed by atoms with Gasteiger partial charge in [-0.25, -0.2) is 19.9 Å². The van der Waals surface area contributed by atoms with Gasteiger partial charge in [0.15, 0.2) is 11.2 Å². The van der Waals surface area contributed by atoms with Crippen LogP contribution in [0.3, 0.4) is 0 Å². The number of aromatic nitrogens is 8. The first kappa shape index (κ1) is 67.9. The van der Waals surface area contributed by atoms with Gasteiger partial charge in [-0.3, -0.25) is 19.9 Å². The maximum Gasteiger partial charge on any atom is 0.494 e. The molecule has 20 aromatic rings. The standard InChI is InChI=1S/C44H26N4O.C28H17BrN2.C22H21BN2O3.CH4/c1-2-11-34-27(7-1)22-24-46-43(34)44-48-39-26-31(17-21-40(39)49-44)30-8-5-9-32(25-30)33-18-19-37(36-13-4-3-12-35(33)36)38-20-16-29-15-14-28-10-6-23-45-41(28)42(29)47-38;29-21-7-3-5-20(17-21)22-13-14-25(24-9-2-1-8-23(22)24)26-15-12-19-11-10-18-6-4-16-30-27(18)28(19)31-26;1-21(2)22(3,4)28-23(27-21)15-9-10-18-17(13-15)25-20(26-18)19-16-8-6-5-7-14(16)11-12-24-19;/h1-26H;1-17H;5-13H,1-4H3;1H4. The Morgan fingerprint density at radius 3 is 1.24 bits per heavy atom. The van der Waals surface area contributed by atoms with Crippen molar-refractivity contribution in [3.63, 3.8) is 0 Å². The molecule has 522 valence electrons. The minimum Gasteiger partial charge on any atom is -0.435 e. The Morgan fingerprint density at radius 2 is 0.716 bits per heavy atom. The summed E-state index contributed by atoms with van der Waals surface area (Å²) in [5.74, 6) is 1.03. The van der Waals surface area contributed by atoms with E-state index in [1.165, 1.54) is 32.8 Å². The Balaban J connectivity index is 0.000000121. The zero-order chi connectivity index (χ0) is 72.6. The minimum atomic E-state index is -0.426. The van der Waals surface area contributed by atoms with E-state index in [1.54, 1.807) is 12.4 Å². The van der Waals surface area contributed by atoms with Crippen molar-refractivity contribution < 1.29 is 18.1 Å². The van der Waals surface area contributed by atoms with Crippen molar-refractivity contribution in [2.45, 2.75) is 46.3 Å². The second-order valence-electron chi connectivity index (χ2n) is 28.1. The Hall–Kier alpha value is -13.0. The molecule has 21 rings (SSSR count). The molecule has 0 saturated carbocycles. The van der Waals surface area contributed by atoms with Gasteiger partial charge < -0.3 is 18.1 Å². The molecule has 1 aliphatic heterocycles. The molecular weight excluding hydrogens is 1410 g/mol. The summed E-state index contributed by atoms with van der Waals surface area (Å²) >= 11 is 3.60. The van der Waals surface area contributed by atoms with Crippen molar-refractivity contribution in [1.29, 1.82) is 0 Å². The van der Waals surface area contributed by atoms with E-state index in [2.05, 4.69) is 248 Å². The molecule has 8 aromatic heterocycles. The predicted octanol–water partition coefficient (Wildman–Crippen LogP) is 24.3. The molecule has 1 saturated heterocycles. The molecule has 0 spiro atoms. The van der Waals surface area contributed by atoms with Gasteiger partial charge in [0.05, 0.1) is 44.7 Å². The normalized spacial score (nSPS) is 13.2. The van der Waals surface area contributed by atoms with Crippen LogP contribution in [0.5, 0.6) is 0 Å². The molecule has 0 N–H and O–H groups in total. The van der Waals surface area contributed by atoms with Gasteiger partial charge in [-0.15, -0.1) is 0 Å². The lowest BCUT2D eigenvalue weighted by Crippen LogP contribution is -2.41. The zero-order valence-corrected chi connectivity index (χ0v) is 60.8. The quantitative estimate of drug-likeness (QED) is 0.105. The van der Waals surface area contributed by atoms with Crippen LogP contribution >= 0.6 is 15.9 Å². The topological polar surface area (TPSA) is 148 Å². The lowest BCUT2D eigenvalue weighted by atomic mass is 9.79. The van der Waals surface area contributed by atoms with E-state index < -0.39 is 7.12 Å². The van der Waals surface area contributed by atoms with Crippen LogP contribution in [0.1, 0.15) is 35.1 Å². The zero-order valence-electron chi connectivity index (χ0n) is 59.2. The first-order valence-corrected chi connectivity index (χ1v) is 36.7. The van der Waals surface area contributed by atoms with Crippen LogP contribution in [0.2, 0.25) is 0 Å². The fourth-order valence-electron chi connectivity index (χ4n) is 14.8. The smallest absolute Gasteiger partial charge is 0.435 e. The summed E-state index contributed by atoms with van der Waals surface area (Å²) in [6.45, 7) is 8.19. The van der Waals surface area contributed by atoms with E-state index in [1.807, 2.05) is 119 Å². The summed E-state index contributed by atoms with van der Waals surface area (Å²) < 4.78 is 25.6. The molecular formula is C95H68BBrN8O4. The SMILES string of the molecule is Brc1cccc(-c2ccc(-c3ccc4ccc5cccnc5c4n3)c3ccccc23)c1.C.CC1(C)OB(c2ccc3oc(-c4nccc5ccccc45)nc3c2)OC1(C)C.c1cc(-c2ccc3oc(-c4nccc5ccccc45)nc3c2)cc(-c2ccc(-c3ccc4ccc5cccnc5c4n3)c3ccccc23)c1. The second kappa shape index (κ2) is 27.7. The van der Waals surface area contributed by atoms with Gasteiger partial charge in [0, 0.05) is 72.7 Å². The highest BCUT2D eigenvalue weighted by Crippen LogP contribution is 2.42. The Kier molecular flexibility index (Phi) is 17.3. The summed E-state index contributed by atoms with van der Waals surface area (Å²) in [5, 5.41) is 13.4. The first-order valence-electron chi connectivity index (χ1n) is 35.9. The molecule has 1 fully saturated rings. The van der Waals surface area contributed by atoms with Gasteiger partial charge in [-0.2, -0.15) is 0 Å². The molecule has 14 heteroatoms. The fraction of sp³-hybridized carbons (Fsp3) is 0.0737. The number of hydrogen-bond acceptors (Lipinski definition) is 12. The largest absolute Gasteiger partial charge is 0.494 e. The molecule has 0 bridgehead atoms. The summed E-state index contributed by atoms with van der Waals surface area (Å²) in [5.41, 5.74) is 19.4. The molecule has 109 heavy (non-hydrogen) atoms. The molecule has 12 nitrogen and oxygen atoms in total. The number of benzene rings is 12. The van der Waals surface area contributed by atoms with Crippen molar-refractivity contribution >= 4 is 137 Å². The van der Waals surface area contributed by atoms with Crippen LogP contribution in [-0.2, 0) is 9.31 Å². The highest BCUT2D eigenvalue weighted by Gasteiger charge is 2.52. The Morgan fingerprint density at radius 1 is 0.303 bits per heavy atom. The van der Waals surface area contributed by atoms with Crippen molar-refractivity contribution in [2.24, 2.45) is 0 Å². The molecule has 12 aromatic carbocycles. The van der Waals surface area contributed by atoms with E-state index in [0.717, 1.165) is 148 Å². The highest BCUT2D eigenvalue weighted by atomic mass is 79.9. The van der Waals surface area contributed by atoms with Crippen LogP contribution < -0.4 is 5.46 Å². The van der Waals surface area contributed by atoms with Crippen LogP contribution in [-0.4, -0.2) is 58.2 Å². The monoisotopic (exact) mass is 1470 g/mol. The molecule has 0 aliphatic carbocycles. The molecule has 0 radical (unpaired) electrons. The van der Waals surface area contributed by atoms with Crippen LogP contribution in [0, 0.1) is 0 Å². The number of nitrogens with zero attached hydrogens (tertiary/aromatic N) is 8. The summed E-state index contributed by atoms with van der Waals surface area (Å²) in [6, 6.07) is 100. The molecule has 0 unspecified atom stereocenters. The molecule has 0 amide bonds. The Bertz CT molecular complexity index is 6950. The van der Waals surface area contributed by atoms with Gasteiger partial charge in [-0.1, -0.05) is 236 Å². The van der Waals surface area contributed by atoms with Crippen molar-refractivity contribution in [3.8, 4) is 79.1 Å². The van der Waals surface area contributed by atoms with Crippen molar-refractivity contribution in [3.05, 3.63) is 320 Å². The average Bonchev–Trinajstić information content (AvgIpc) is 1.69. The number of pyridine rings is 6. The lowest BCUT2D eigenvalue weighted by Gasteiger charge is -2.32. The second-order valence-corrected chi connectivity index (χ2v) is 29.0. The van der Waals surface area contributed by atoms with Crippen LogP contribution in [0.4, 0.5) is 0 Å². The highest BCUT2D eigenvalue weighted by molar-refractivity contribution is 9.10. The van der Waals surface area contributed by atoms with E-state index >= 15 is 0 Å². The molecule has 0 atom stereocenters. The number of hydrogen-bond donors (Lipinski definition) is 0. The number of rotatable bonds is 8. The fourth-order valence-corrected chi connectivity index (χ4v) is 15.2. The number of fused-ring (bicyclic) bond motifs is 12.